The number of anilines is 1. The van der Waals surface area contributed by atoms with Gasteiger partial charge in [-0.15, -0.1) is 11.3 Å². The summed E-state index contributed by atoms with van der Waals surface area (Å²) in [5.74, 6) is 0.486. The van der Waals surface area contributed by atoms with Crippen LogP contribution in [0, 0.1) is 10.1 Å². The lowest BCUT2D eigenvalue weighted by molar-refractivity contribution is -0.384. The van der Waals surface area contributed by atoms with Gasteiger partial charge in [-0.05, 0) is 36.4 Å². The van der Waals surface area contributed by atoms with Crippen molar-refractivity contribution in [1.82, 2.24) is 9.29 Å². The Bertz CT molecular complexity index is 1150. The molecule has 0 saturated carbocycles. The van der Waals surface area contributed by atoms with Gasteiger partial charge in [0.05, 0.1) is 26.9 Å². The van der Waals surface area contributed by atoms with Crippen LogP contribution in [-0.4, -0.2) is 35.7 Å². The Morgan fingerprint density at radius 3 is 2.65 bits per heavy atom. The van der Waals surface area contributed by atoms with Gasteiger partial charge in [-0.3, -0.25) is 10.1 Å². The number of hydrogen-bond donors (Lipinski definition) is 1. The summed E-state index contributed by atoms with van der Waals surface area (Å²) < 4.78 is 32.8. The SMILES string of the molecule is O=[N+]([O-])c1cc(S(=O)(=O)N2CCCCCC2)ccc1NCc1coc(-c2cccs2)n1. The lowest BCUT2D eigenvalue weighted by Crippen LogP contribution is -2.32. The Morgan fingerprint density at radius 2 is 1.97 bits per heavy atom. The number of thiophene rings is 1. The molecule has 1 aromatic carbocycles. The van der Waals surface area contributed by atoms with Crippen LogP contribution in [0.15, 0.2) is 51.3 Å². The standard InChI is InChI=1S/C20H22N4O5S2/c25-24(26)18-12-16(31(27,28)23-9-3-1-2-4-10-23)7-8-17(18)21-13-15-14-29-20(22-15)19-6-5-11-30-19/h5-8,11-12,14,21H,1-4,9-10,13H2. The topological polar surface area (TPSA) is 119 Å². The minimum Gasteiger partial charge on any atom is -0.443 e. The van der Waals surface area contributed by atoms with Crippen molar-refractivity contribution < 1.29 is 17.8 Å². The monoisotopic (exact) mass is 462 g/mol. The summed E-state index contributed by atoms with van der Waals surface area (Å²) in [5.41, 5.74) is 0.511. The highest BCUT2D eigenvalue weighted by Gasteiger charge is 2.28. The van der Waals surface area contributed by atoms with Crippen LogP contribution in [0.1, 0.15) is 31.4 Å². The zero-order valence-corrected chi connectivity index (χ0v) is 18.3. The van der Waals surface area contributed by atoms with Crippen LogP contribution in [0.4, 0.5) is 11.4 Å². The molecule has 0 unspecified atom stereocenters. The van der Waals surface area contributed by atoms with Gasteiger partial charge in [0.2, 0.25) is 15.9 Å². The van der Waals surface area contributed by atoms with Crippen LogP contribution in [0.25, 0.3) is 10.8 Å². The van der Waals surface area contributed by atoms with Crippen LogP contribution >= 0.6 is 11.3 Å². The predicted molar refractivity (Wildman–Crippen MR) is 117 cm³/mol. The molecule has 0 atom stereocenters. The van der Waals surface area contributed by atoms with E-state index < -0.39 is 14.9 Å². The van der Waals surface area contributed by atoms with Crippen molar-refractivity contribution in [3.05, 3.63) is 57.8 Å². The summed E-state index contributed by atoms with van der Waals surface area (Å²) in [5, 5.41) is 16.5. The number of nitrogens with zero attached hydrogens (tertiary/aromatic N) is 3. The van der Waals surface area contributed by atoms with Gasteiger partial charge in [-0.25, -0.2) is 13.4 Å². The second kappa shape index (κ2) is 9.16. The number of sulfonamides is 1. The Kier molecular flexibility index (Phi) is 6.35. The molecule has 11 heteroatoms. The summed E-state index contributed by atoms with van der Waals surface area (Å²) >= 11 is 1.50. The van der Waals surface area contributed by atoms with E-state index in [1.54, 1.807) is 0 Å². The Morgan fingerprint density at radius 1 is 1.19 bits per heavy atom. The number of benzene rings is 1. The molecule has 4 rings (SSSR count). The second-order valence-electron chi connectivity index (χ2n) is 7.23. The van der Waals surface area contributed by atoms with Crippen molar-refractivity contribution in [3.8, 4) is 10.8 Å². The van der Waals surface area contributed by atoms with E-state index in [2.05, 4.69) is 10.3 Å². The second-order valence-corrected chi connectivity index (χ2v) is 10.1. The lowest BCUT2D eigenvalue weighted by Gasteiger charge is -2.20. The van der Waals surface area contributed by atoms with Crippen molar-refractivity contribution in [2.24, 2.45) is 0 Å². The summed E-state index contributed by atoms with van der Waals surface area (Å²) in [6.45, 7) is 1.08. The molecule has 31 heavy (non-hydrogen) atoms. The van der Waals surface area contributed by atoms with Gasteiger partial charge in [0, 0.05) is 19.2 Å². The Labute approximate surface area is 183 Å². The van der Waals surface area contributed by atoms with Crippen LogP contribution in [0.5, 0.6) is 0 Å². The molecule has 2 aromatic heterocycles. The molecule has 1 aliphatic rings. The van der Waals surface area contributed by atoms with Crippen molar-refractivity contribution in [3.63, 3.8) is 0 Å². The molecule has 0 radical (unpaired) electrons. The van der Waals surface area contributed by atoms with Crippen molar-refractivity contribution in [2.75, 3.05) is 18.4 Å². The van der Waals surface area contributed by atoms with Crippen LogP contribution in [-0.2, 0) is 16.6 Å². The predicted octanol–water partition coefficient (Wildman–Crippen LogP) is 4.49. The summed E-state index contributed by atoms with van der Waals surface area (Å²) in [7, 11) is -3.77. The molecule has 1 N–H and O–H groups in total. The molecule has 0 bridgehead atoms. The number of nitro benzene ring substituents is 1. The molecule has 0 amide bonds. The van der Waals surface area contributed by atoms with E-state index in [1.165, 1.54) is 34.0 Å². The van der Waals surface area contributed by atoms with Crippen molar-refractivity contribution in [2.45, 2.75) is 37.1 Å². The largest absolute Gasteiger partial charge is 0.443 e. The van der Waals surface area contributed by atoms with Gasteiger partial charge in [0.1, 0.15) is 12.0 Å². The molecule has 3 aromatic rings. The zero-order valence-electron chi connectivity index (χ0n) is 16.7. The first-order chi connectivity index (χ1) is 14.9. The third-order valence-electron chi connectivity index (χ3n) is 5.11. The number of nitro groups is 1. The highest BCUT2D eigenvalue weighted by molar-refractivity contribution is 7.89. The molecule has 0 aliphatic carbocycles. The Hall–Kier alpha value is -2.76. The number of oxazole rings is 1. The Balaban J connectivity index is 1.53. The van der Waals surface area contributed by atoms with Gasteiger partial charge in [0.15, 0.2) is 0 Å². The maximum absolute atomic E-state index is 13.0. The van der Waals surface area contributed by atoms with E-state index in [1.807, 2.05) is 17.5 Å². The average molecular weight is 463 g/mol. The fourth-order valence-corrected chi connectivity index (χ4v) is 5.68. The number of nitrogens with one attached hydrogen (secondary N) is 1. The molecular weight excluding hydrogens is 440 g/mol. The fraction of sp³-hybridized carbons (Fsp3) is 0.350. The van der Waals surface area contributed by atoms with E-state index in [0.29, 0.717) is 24.7 Å². The number of hydrogen-bond acceptors (Lipinski definition) is 8. The van der Waals surface area contributed by atoms with Crippen LogP contribution in [0.2, 0.25) is 0 Å². The highest BCUT2D eigenvalue weighted by Crippen LogP contribution is 2.30. The van der Waals surface area contributed by atoms with Gasteiger partial charge >= 0.3 is 0 Å². The van der Waals surface area contributed by atoms with Gasteiger partial charge in [0.25, 0.3) is 5.69 Å². The van der Waals surface area contributed by atoms with Gasteiger partial charge in [-0.1, -0.05) is 18.9 Å². The van der Waals surface area contributed by atoms with Crippen LogP contribution < -0.4 is 5.32 Å². The minimum atomic E-state index is -3.77. The molecular formula is C20H22N4O5S2. The zero-order chi connectivity index (χ0) is 21.8. The van der Waals surface area contributed by atoms with E-state index >= 15 is 0 Å². The summed E-state index contributed by atoms with van der Waals surface area (Å²) in [6, 6.07) is 7.76. The third-order valence-corrected chi connectivity index (χ3v) is 7.86. The average Bonchev–Trinajstić information content (AvgIpc) is 3.38. The highest BCUT2D eigenvalue weighted by atomic mass is 32.2. The molecule has 9 nitrogen and oxygen atoms in total. The lowest BCUT2D eigenvalue weighted by atomic mass is 10.2. The van der Waals surface area contributed by atoms with E-state index in [-0.39, 0.29) is 22.8 Å². The molecule has 3 heterocycles. The molecule has 1 saturated heterocycles. The maximum atomic E-state index is 13.0. The first-order valence-electron chi connectivity index (χ1n) is 9.96. The number of rotatable bonds is 7. The smallest absolute Gasteiger partial charge is 0.293 e. The first kappa shape index (κ1) is 21.5. The molecule has 1 aliphatic heterocycles. The molecule has 164 valence electrons. The van der Waals surface area contributed by atoms with E-state index in [9.17, 15) is 18.5 Å². The third kappa shape index (κ3) is 4.78. The summed E-state index contributed by atoms with van der Waals surface area (Å²) in [6.07, 6.45) is 5.07. The first-order valence-corrected chi connectivity index (χ1v) is 12.3. The summed E-state index contributed by atoms with van der Waals surface area (Å²) in [4.78, 5) is 16.3. The maximum Gasteiger partial charge on any atom is 0.293 e. The van der Waals surface area contributed by atoms with E-state index in [4.69, 9.17) is 4.42 Å². The number of aromatic nitrogens is 1. The van der Waals surface area contributed by atoms with E-state index in [0.717, 1.165) is 36.6 Å². The molecule has 1 fully saturated rings. The minimum absolute atomic E-state index is 0.0620. The normalized spacial score (nSPS) is 15.5. The fourth-order valence-electron chi connectivity index (χ4n) is 3.49. The quantitative estimate of drug-likeness (QED) is 0.406. The van der Waals surface area contributed by atoms with Gasteiger partial charge < -0.3 is 9.73 Å². The van der Waals surface area contributed by atoms with Crippen LogP contribution in [0.3, 0.4) is 0 Å². The molecule has 0 spiro atoms. The van der Waals surface area contributed by atoms with Crippen molar-refractivity contribution >= 4 is 32.7 Å². The van der Waals surface area contributed by atoms with Crippen molar-refractivity contribution in [1.29, 1.82) is 0 Å². The van der Waals surface area contributed by atoms with Gasteiger partial charge in [-0.2, -0.15) is 4.31 Å².